The highest BCUT2D eigenvalue weighted by molar-refractivity contribution is 5.42. The van der Waals surface area contributed by atoms with Gasteiger partial charge in [0.25, 0.3) is 0 Å². The van der Waals surface area contributed by atoms with Crippen LogP contribution in [0.1, 0.15) is 16.7 Å². The fourth-order valence-corrected chi connectivity index (χ4v) is 1.86. The quantitative estimate of drug-likeness (QED) is 0.809. The molecule has 2 aromatic carbocycles. The molecule has 0 saturated heterocycles. The molecule has 0 aliphatic heterocycles. The molecule has 0 amide bonds. The molecule has 2 aromatic rings. The molecule has 0 aromatic heterocycles. The van der Waals surface area contributed by atoms with E-state index in [0.717, 1.165) is 22.6 Å². The van der Waals surface area contributed by atoms with Crippen molar-refractivity contribution < 1.29 is 9.47 Å². The van der Waals surface area contributed by atoms with Gasteiger partial charge in [-0.15, -0.1) is 0 Å². The minimum absolute atomic E-state index is 0.557. The van der Waals surface area contributed by atoms with E-state index < -0.39 is 0 Å². The molecule has 18 heavy (non-hydrogen) atoms. The Morgan fingerprint density at radius 3 is 2.39 bits per heavy atom. The summed E-state index contributed by atoms with van der Waals surface area (Å²) >= 11 is 0. The van der Waals surface area contributed by atoms with Crippen molar-refractivity contribution in [2.45, 2.75) is 20.5 Å². The first-order valence-electron chi connectivity index (χ1n) is 6.02. The molecule has 0 aliphatic rings. The van der Waals surface area contributed by atoms with Crippen molar-refractivity contribution in [3.8, 4) is 11.5 Å². The Morgan fingerprint density at radius 2 is 1.67 bits per heavy atom. The van der Waals surface area contributed by atoms with Crippen LogP contribution in [0, 0.1) is 13.8 Å². The van der Waals surface area contributed by atoms with E-state index in [-0.39, 0.29) is 0 Å². The Balaban J connectivity index is 2.10. The van der Waals surface area contributed by atoms with Gasteiger partial charge in [-0.2, -0.15) is 0 Å². The van der Waals surface area contributed by atoms with Gasteiger partial charge in [0.05, 0.1) is 7.11 Å². The Bertz CT molecular complexity index is 532. The van der Waals surface area contributed by atoms with E-state index in [1.165, 1.54) is 5.56 Å². The van der Waals surface area contributed by atoms with E-state index in [4.69, 9.17) is 9.47 Å². The van der Waals surface area contributed by atoms with E-state index in [0.29, 0.717) is 6.61 Å². The van der Waals surface area contributed by atoms with E-state index in [1.54, 1.807) is 7.11 Å². The van der Waals surface area contributed by atoms with E-state index in [9.17, 15) is 0 Å². The molecule has 0 bridgehead atoms. The lowest BCUT2D eigenvalue weighted by Gasteiger charge is -2.11. The average Bonchev–Trinajstić information content (AvgIpc) is 2.37. The summed E-state index contributed by atoms with van der Waals surface area (Å²) in [6.45, 7) is 4.67. The molecule has 94 valence electrons. The molecule has 0 unspecified atom stereocenters. The third kappa shape index (κ3) is 3.04. The predicted molar refractivity (Wildman–Crippen MR) is 73.2 cm³/mol. The Hall–Kier alpha value is -1.96. The van der Waals surface area contributed by atoms with Crippen LogP contribution in [0.25, 0.3) is 0 Å². The number of hydrogen-bond donors (Lipinski definition) is 0. The average molecular weight is 242 g/mol. The van der Waals surface area contributed by atoms with Gasteiger partial charge in [-0.25, -0.2) is 0 Å². The van der Waals surface area contributed by atoms with Crippen molar-refractivity contribution in [2.24, 2.45) is 0 Å². The molecule has 2 heteroatoms. The molecule has 0 atom stereocenters. The van der Waals surface area contributed by atoms with Crippen molar-refractivity contribution in [3.05, 3.63) is 59.2 Å². The van der Waals surface area contributed by atoms with Crippen LogP contribution < -0.4 is 9.47 Å². The van der Waals surface area contributed by atoms with E-state index in [1.807, 2.05) is 31.2 Å². The Labute approximate surface area is 108 Å². The largest absolute Gasteiger partial charge is 0.493 e. The Morgan fingerprint density at radius 1 is 0.889 bits per heavy atom. The lowest BCUT2D eigenvalue weighted by molar-refractivity contribution is 0.284. The number of ether oxygens (including phenoxy) is 2. The number of hydrogen-bond acceptors (Lipinski definition) is 2. The van der Waals surface area contributed by atoms with Crippen LogP contribution >= 0.6 is 0 Å². The first-order chi connectivity index (χ1) is 8.69. The van der Waals surface area contributed by atoms with Gasteiger partial charge >= 0.3 is 0 Å². The molecule has 0 N–H and O–H groups in total. The van der Waals surface area contributed by atoms with Crippen molar-refractivity contribution in [1.29, 1.82) is 0 Å². The number of methoxy groups -OCH3 is 1. The zero-order valence-corrected chi connectivity index (χ0v) is 11.1. The highest BCUT2D eigenvalue weighted by Gasteiger charge is 2.04. The number of aryl methyl sites for hydroxylation is 2. The predicted octanol–water partition coefficient (Wildman–Crippen LogP) is 3.89. The first-order valence-corrected chi connectivity index (χ1v) is 6.02. The van der Waals surface area contributed by atoms with Crippen molar-refractivity contribution in [2.75, 3.05) is 7.11 Å². The molecule has 0 aliphatic carbocycles. The van der Waals surface area contributed by atoms with Crippen molar-refractivity contribution >= 4 is 0 Å². The zero-order chi connectivity index (χ0) is 13.0. The smallest absolute Gasteiger partial charge is 0.161 e. The summed E-state index contributed by atoms with van der Waals surface area (Å²) in [4.78, 5) is 0. The summed E-state index contributed by atoms with van der Waals surface area (Å²) in [7, 11) is 1.66. The van der Waals surface area contributed by atoms with Crippen LogP contribution in [-0.4, -0.2) is 7.11 Å². The maximum atomic E-state index is 5.80. The molecule has 0 heterocycles. The van der Waals surface area contributed by atoms with Crippen molar-refractivity contribution in [3.63, 3.8) is 0 Å². The summed E-state index contributed by atoms with van der Waals surface area (Å²) in [5.74, 6) is 1.56. The van der Waals surface area contributed by atoms with E-state index >= 15 is 0 Å². The lowest BCUT2D eigenvalue weighted by Crippen LogP contribution is -1.98. The van der Waals surface area contributed by atoms with Gasteiger partial charge in [-0.05, 0) is 37.1 Å². The SMILES string of the molecule is COc1cc(C)ccc1OCc1cccc(C)c1. The van der Waals surface area contributed by atoms with Crippen molar-refractivity contribution in [1.82, 2.24) is 0 Å². The number of benzene rings is 2. The topological polar surface area (TPSA) is 18.5 Å². The molecule has 0 fully saturated rings. The van der Waals surface area contributed by atoms with Crippen LogP contribution in [0.5, 0.6) is 11.5 Å². The summed E-state index contributed by atoms with van der Waals surface area (Å²) in [5.41, 5.74) is 3.57. The van der Waals surface area contributed by atoms with Gasteiger partial charge in [-0.1, -0.05) is 35.9 Å². The Kier molecular flexibility index (Phi) is 3.88. The van der Waals surface area contributed by atoms with Crippen LogP contribution in [0.2, 0.25) is 0 Å². The van der Waals surface area contributed by atoms with Gasteiger partial charge in [0.1, 0.15) is 6.61 Å². The molecule has 0 saturated carbocycles. The lowest BCUT2D eigenvalue weighted by atomic mass is 10.1. The fraction of sp³-hybridized carbons (Fsp3) is 0.250. The second kappa shape index (κ2) is 5.58. The highest BCUT2D eigenvalue weighted by Crippen LogP contribution is 2.28. The normalized spacial score (nSPS) is 10.2. The molecule has 2 nitrogen and oxygen atoms in total. The second-order valence-corrected chi connectivity index (χ2v) is 4.43. The minimum Gasteiger partial charge on any atom is -0.493 e. The van der Waals surface area contributed by atoms with Crippen LogP contribution in [0.3, 0.4) is 0 Å². The standard InChI is InChI=1S/C16H18O2/c1-12-5-4-6-14(9-12)11-18-15-8-7-13(2)10-16(15)17-3/h4-10H,11H2,1-3H3. The van der Waals surface area contributed by atoms with E-state index in [2.05, 4.69) is 25.1 Å². The maximum Gasteiger partial charge on any atom is 0.161 e. The second-order valence-electron chi connectivity index (χ2n) is 4.43. The maximum absolute atomic E-state index is 5.80. The fourth-order valence-electron chi connectivity index (χ4n) is 1.86. The van der Waals surface area contributed by atoms with Gasteiger partial charge in [0.15, 0.2) is 11.5 Å². The molecular formula is C16H18O2. The monoisotopic (exact) mass is 242 g/mol. The van der Waals surface area contributed by atoms with Gasteiger partial charge in [0, 0.05) is 0 Å². The van der Waals surface area contributed by atoms with Crippen LogP contribution in [0.15, 0.2) is 42.5 Å². The number of rotatable bonds is 4. The third-order valence-electron chi connectivity index (χ3n) is 2.80. The van der Waals surface area contributed by atoms with Crippen LogP contribution in [0.4, 0.5) is 0 Å². The first kappa shape index (κ1) is 12.5. The highest BCUT2D eigenvalue weighted by atomic mass is 16.5. The molecular weight excluding hydrogens is 224 g/mol. The third-order valence-corrected chi connectivity index (χ3v) is 2.80. The summed E-state index contributed by atoms with van der Waals surface area (Å²) < 4.78 is 11.1. The van der Waals surface area contributed by atoms with Crippen LogP contribution in [-0.2, 0) is 6.61 Å². The molecule has 0 radical (unpaired) electrons. The summed E-state index contributed by atoms with van der Waals surface area (Å²) in [5, 5.41) is 0. The summed E-state index contributed by atoms with van der Waals surface area (Å²) in [6, 6.07) is 14.3. The summed E-state index contributed by atoms with van der Waals surface area (Å²) in [6.07, 6.45) is 0. The minimum atomic E-state index is 0.557. The zero-order valence-electron chi connectivity index (χ0n) is 11.1. The van der Waals surface area contributed by atoms with Gasteiger partial charge in [0.2, 0.25) is 0 Å². The van der Waals surface area contributed by atoms with Gasteiger partial charge in [-0.3, -0.25) is 0 Å². The molecule has 2 rings (SSSR count). The van der Waals surface area contributed by atoms with Gasteiger partial charge < -0.3 is 9.47 Å². The molecule has 0 spiro atoms.